The quantitative estimate of drug-likeness (QED) is 0.740. The summed E-state index contributed by atoms with van der Waals surface area (Å²) in [6, 6.07) is 0. The zero-order valence-corrected chi connectivity index (χ0v) is 7.58. The topological polar surface area (TPSA) is 64.9 Å². The molecule has 0 radical (unpaired) electrons. The fraction of sp³-hybridized carbons (Fsp3) is 0.750. The van der Waals surface area contributed by atoms with Gasteiger partial charge in [0, 0.05) is 5.92 Å². The Morgan fingerprint density at radius 3 is 2.50 bits per heavy atom. The molecule has 0 unspecified atom stereocenters. The lowest BCUT2D eigenvalue weighted by atomic mass is 10.0. The summed E-state index contributed by atoms with van der Waals surface area (Å²) in [4.78, 5) is 4.17. The highest BCUT2D eigenvalue weighted by atomic mass is 16.5. The summed E-state index contributed by atoms with van der Waals surface area (Å²) in [5.41, 5.74) is 5.36. The summed E-state index contributed by atoms with van der Waals surface area (Å²) in [7, 11) is 0. The highest BCUT2D eigenvalue weighted by molar-refractivity contribution is 4.92. The molecule has 0 amide bonds. The molecule has 4 heteroatoms. The molecule has 1 aromatic heterocycles. The van der Waals surface area contributed by atoms with E-state index in [2.05, 4.69) is 24.0 Å². The molecule has 0 aliphatic rings. The predicted molar refractivity (Wildman–Crippen MR) is 45.5 cm³/mol. The van der Waals surface area contributed by atoms with Crippen molar-refractivity contribution in [1.29, 1.82) is 0 Å². The molecule has 12 heavy (non-hydrogen) atoms. The lowest BCUT2D eigenvalue weighted by molar-refractivity contribution is 0.342. The van der Waals surface area contributed by atoms with Crippen LogP contribution >= 0.6 is 0 Å². The Labute approximate surface area is 72.1 Å². The van der Waals surface area contributed by atoms with Crippen LogP contribution in [0.5, 0.6) is 0 Å². The highest BCUT2D eigenvalue weighted by Gasteiger charge is 2.14. The van der Waals surface area contributed by atoms with Crippen LogP contribution in [0.25, 0.3) is 0 Å². The molecule has 1 heterocycles. The molecule has 0 fully saturated rings. The molecule has 0 atom stereocenters. The van der Waals surface area contributed by atoms with Gasteiger partial charge in [0.15, 0.2) is 5.82 Å². The van der Waals surface area contributed by atoms with Gasteiger partial charge in [-0.25, -0.2) is 0 Å². The summed E-state index contributed by atoms with van der Waals surface area (Å²) in [6.45, 7) is 4.57. The molecular formula is C8H15N3O. The van der Waals surface area contributed by atoms with E-state index in [0.29, 0.717) is 18.3 Å². The third-order valence-corrected chi connectivity index (χ3v) is 2.00. The van der Waals surface area contributed by atoms with Gasteiger partial charge in [-0.3, -0.25) is 0 Å². The summed E-state index contributed by atoms with van der Waals surface area (Å²) in [5.74, 6) is 1.70. The van der Waals surface area contributed by atoms with Gasteiger partial charge < -0.3 is 10.3 Å². The van der Waals surface area contributed by atoms with Crippen molar-refractivity contribution < 1.29 is 4.52 Å². The van der Waals surface area contributed by atoms with Crippen molar-refractivity contribution in [1.82, 2.24) is 10.1 Å². The van der Waals surface area contributed by atoms with Gasteiger partial charge in [0.2, 0.25) is 5.89 Å². The Hall–Kier alpha value is -0.900. The number of rotatable bonds is 4. The second kappa shape index (κ2) is 4.21. The Kier molecular flexibility index (Phi) is 3.22. The van der Waals surface area contributed by atoms with Gasteiger partial charge in [-0.05, 0) is 12.8 Å². The van der Waals surface area contributed by atoms with E-state index in [-0.39, 0.29) is 0 Å². The van der Waals surface area contributed by atoms with Crippen molar-refractivity contribution in [2.75, 3.05) is 0 Å². The first-order chi connectivity index (χ1) is 5.81. The summed E-state index contributed by atoms with van der Waals surface area (Å²) in [5, 5.41) is 3.74. The lowest BCUT2D eigenvalue weighted by Gasteiger charge is -2.03. The van der Waals surface area contributed by atoms with Crippen LogP contribution in [-0.4, -0.2) is 10.1 Å². The second-order valence-electron chi connectivity index (χ2n) is 2.77. The molecule has 4 nitrogen and oxygen atoms in total. The number of nitrogens with zero attached hydrogens (tertiary/aromatic N) is 2. The number of aromatic nitrogens is 2. The molecule has 0 bridgehead atoms. The van der Waals surface area contributed by atoms with Gasteiger partial charge in [0.25, 0.3) is 0 Å². The van der Waals surface area contributed by atoms with Gasteiger partial charge in [-0.15, -0.1) is 0 Å². The van der Waals surface area contributed by atoms with Crippen LogP contribution < -0.4 is 5.73 Å². The van der Waals surface area contributed by atoms with E-state index in [0.717, 1.165) is 18.7 Å². The largest absolute Gasteiger partial charge is 0.339 e. The van der Waals surface area contributed by atoms with Gasteiger partial charge in [-0.2, -0.15) is 4.98 Å². The second-order valence-corrected chi connectivity index (χ2v) is 2.77. The van der Waals surface area contributed by atoms with Crippen molar-refractivity contribution in [2.45, 2.75) is 39.2 Å². The minimum Gasteiger partial charge on any atom is -0.339 e. The summed E-state index contributed by atoms with van der Waals surface area (Å²) < 4.78 is 5.06. The van der Waals surface area contributed by atoms with E-state index < -0.39 is 0 Å². The standard InChI is InChI=1S/C8H15N3O/c1-3-6(4-2)8-10-7(5-9)11-12-8/h6H,3-5,9H2,1-2H3. The van der Waals surface area contributed by atoms with Gasteiger partial charge in [0.05, 0.1) is 6.54 Å². The van der Waals surface area contributed by atoms with Crippen LogP contribution in [0.3, 0.4) is 0 Å². The molecule has 2 N–H and O–H groups in total. The minimum atomic E-state index is 0.351. The molecule has 0 saturated heterocycles. The fourth-order valence-corrected chi connectivity index (χ4v) is 1.15. The van der Waals surface area contributed by atoms with Crippen molar-refractivity contribution >= 4 is 0 Å². The molecular weight excluding hydrogens is 154 g/mol. The van der Waals surface area contributed by atoms with Crippen molar-refractivity contribution in [3.05, 3.63) is 11.7 Å². The molecule has 0 aliphatic heterocycles. The Balaban J connectivity index is 2.72. The van der Waals surface area contributed by atoms with Crippen LogP contribution in [0.1, 0.15) is 44.3 Å². The van der Waals surface area contributed by atoms with Crippen molar-refractivity contribution in [2.24, 2.45) is 5.73 Å². The van der Waals surface area contributed by atoms with Crippen LogP contribution in [0.2, 0.25) is 0 Å². The van der Waals surface area contributed by atoms with E-state index >= 15 is 0 Å². The third-order valence-electron chi connectivity index (χ3n) is 2.00. The summed E-state index contributed by atoms with van der Waals surface area (Å²) >= 11 is 0. The Morgan fingerprint density at radius 1 is 1.42 bits per heavy atom. The maximum Gasteiger partial charge on any atom is 0.229 e. The monoisotopic (exact) mass is 169 g/mol. The molecule has 0 saturated carbocycles. The minimum absolute atomic E-state index is 0.351. The Bertz CT molecular complexity index is 230. The predicted octanol–water partition coefficient (Wildman–Crippen LogP) is 1.43. The number of hydrogen-bond donors (Lipinski definition) is 1. The smallest absolute Gasteiger partial charge is 0.229 e. The molecule has 0 aromatic carbocycles. The zero-order valence-electron chi connectivity index (χ0n) is 7.58. The van der Waals surface area contributed by atoms with E-state index in [4.69, 9.17) is 10.3 Å². The van der Waals surface area contributed by atoms with Gasteiger partial charge >= 0.3 is 0 Å². The van der Waals surface area contributed by atoms with Crippen LogP contribution in [-0.2, 0) is 6.54 Å². The van der Waals surface area contributed by atoms with Crippen LogP contribution in [0.15, 0.2) is 4.52 Å². The molecule has 1 aromatic rings. The third kappa shape index (κ3) is 1.82. The van der Waals surface area contributed by atoms with Crippen LogP contribution in [0, 0.1) is 0 Å². The first-order valence-electron chi connectivity index (χ1n) is 4.34. The van der Waals surface area contributed by atoms with Crippen molar-refractivity contribution in [3.8, 4) is 0 Å². The molecule has 0 aliphatic carbocycles. The average Bonchev–Trinajstić information content (AvgIpc) is 2.55. The maximum atomic E-state index is 5.36. The van der Waals surface area contributed by atoms with Gasteiger partial charge in [0.1, 0.15) is 0 Å². The lowest BCUT2D eigenvalue weighted by Crippen LogP contribution is -2.00. The van der Waals surface area contributed by atoms with Crippen LogP contribution in [0.4, 0.5) is 0 Å². The average molecular weight is 169 g/mol. The normalized spacial score (nSPS) is 11.0. The number of nitrogens with two attached hydrogens (primary N) is 1. The maximum absolute atomic E-state index is 5.36. The SMILES string of the molecule is CCC(CC)c1nc(CN)no1. The first-order valence-corrected chi connectivity index (χ1v) is 4.34. The van der Waals surface area contributed by atoms with E-state index in [1.807, 2.05) is 0 Å². The first kappa shape index (κ1) is 9.19. The molecule has 1 rings (SSSR count). The Morgan fingerprint density at radius 2 is 2.08 bits per heavy atom. The van der Waals surface area contributed by atoms with E-state index in [1.165, 1.54) is 0 Å². The molecule has 68 valence electrons. The summed E-state index contributed by atoms with van der Waals surface area (Å²) in [6.07, 6.45) is 2.06. The van der Waals surface area contributed by atoms with Crippen molar-refractivity contribution in [3.63, 3.8) is 0 Å². The highest BCUT2D eigenvalue weighted by Crippen LogP contribution is 2.20. The number of hydrogen-bond acceptors (Lipinski definition) is 4. The zero-order chi connectivity index (χ0) is 8.97. The molecule has 0 spiro atoms. The fourth-order valence-electron chi connectivity index (χ4n) is 1.15. The van der Waals surface area contributed by atoms with E-state index in [1.54, 1.807) is 0 Å². The van der Waals surface area contributed by atoms with E-state index in [9.17, 15) is 0 Å². The van der Waals surface area contributed by atoms with Gasteiger partial charge in [-0.1, -0.05) is 19.0 Å².